The smallest absolute Gasteiger partial charge is 0.251 e. The van der Waals surface area contributed by atoms with E-state index in [9.17, 15) is 4.79 Å². The highest BCUT2D eigenvalue weighted by atomic mass is 16.5. The van der Waals surface area contributed by atoms with Gasteiger partial charge >= 0.3 is 0 Å². The van der Waals surface area contributed by atoms with Crippen molar-refractivity contribution in [3.05, 3.63) is 0 Å². The zero-order valence-electron chi connectivity index (χ0n) is 13.1. The van der Waals surface area contributed by atoms with Crippen molar-refractivity contribution >= 4 is 5.91 Å². The van der Waals surface area contributed by atoms with Crippen LogP contribution in [0, 0.1) is 5.92 Å². The van der Waals surface area contributed by atoms with Gasteiger partial charge in [-0.15, -0.1) is 0 Å². The van der Waals surface area contributed by atoms with Crippen LogP contribution in [0.4, 0.5) is 0 Å². The van der Waals surface area contributed by atoms with Gasteiger partial charge in [-0.25, -0.2) is 0 Å². The molecule has 0 radical (unpaired) electrons. The predicted octanol–water partition coefficient (Wildman–Crippen LogP) is 2.03. The second-order valence-electron chi connectivity index (χ2n) is 7.54. The lowest BCUT2D eigenvalue weighted by atomic mass is 9.84. The number of amides is 1. The summed E-state index contributed by atoms with van der Waals surface area (Å²) in [6.45, 7) is 5.26. The van der Waals surface area contributed by atoms with E-state index in [4.69, 9.17) is 4.74 Å². The molecular weight excluding hydrogens is 264 g/mol. The number of hydrogen-bond donors (Lipinski definition) is 0. The molecule has 3 heterocycles. The largest absolute Gasteiger partial charge is 0.368 e. The lowest BCUT2D eigenvalue weighted by molar-refractivity contribution is -0.143. The maximum atomic E-state index is 12.5. The molecule has 0 aromatic heterocycles. The Morgan fingerprint density at radius 2 is 1.86 bits per heavy atom. The molecule has 3 aliphatic heterocycles. The molecule has 1 aliphatic carbocycles. The average Bonchev–Trinajstić information content (AvgIpc) is 3.01. The van der Waals surface area contributed by atoms with Crippen molar-refractivity contribution in [3.8, 4) is 0 Å². The Morgan fingerprint density at radius 3 is 2.52 bits per heavy atom. The highest BCUT2D eigenvalue weighted by Crippen LogP contribution is 2.42. The highest BCUT2D eigenvalue weighted by molar-refractivity contribution is 5.81. The Bertz CT molecular complexity index is 394. The van der Waals surface area contributed by atoms with Crippen LogP contribution in [0.1, 0.15) is 51.4 Å². The lowest BCUT2D eigenvalue weighted by Gasteiger charge is -2.45. The van der Waals surface area contributed by atoms with Crippen molar-refractivity contribution in [1.82, 2.24) is 9.80 Å². The Balaban J connectivity index is 1.35. The summed E-state index contributed by atoms with van der Waals surface area (Å²) in [5.41, 5.74) is 0.426. The second kappa shape index (κ2) is 5.54. The molecule has 1 atom stereocenters. The first-order chi connectivity index (χ1) is 10.3. The quantitative estimate of drug-likeness (QED) is 0.798. The molecule has 1 spiro atoms. The number of likely N-dealkylation sites (tertiary alicyclic amines) is 2. The molecule has 0 aromatic carbocycles. The lowest BCUT2D eigenvalue weighted by Crippen LogP contribution is -2.55. The van der Waals surface area contributed by atoms with Crippen LogP contribution in [0.15, 0.2) is 0 Å². The molecule has 4 rings (SSSR count). The van der Waals surface area contributed by atoms with Crippen LogP contribution in [0.2, 0.25) is 0 Å². The average molecular weight is 292 g/mol. The van der Waals surface area contributed by atoms with Gasteiger partial charge in [0.1, 0.15) is 6.10 Å². The number of carbonyl (C=O) groups is 1. The van der Waals surface area contributed by atoms with Gasteiger partial charge in [0.2, 0.25) is 0 Å². The summed E-state index contributed by atoms with van der Waals surface area (Å²) >= 11 is 0. The highest BCUT2D eigenvalue weighted by Gasteiger charge is 2.45. The van der Waals surface area contributed by atoms with E-state index in [1.807, 2.05) is 0 Å². The van der Waals surface area contributed by atoms with E-state index in [-0.39, 0.29) is 12.0 Å². The predicted molar refractivity (Wildman–Crippen MR) is 81.1 cm³/mol. The fourth-order valence-electron chi connectivity index (χ4n) is 4.58. The second-order valence-corrected chi connectivity index (χ2v) is 7.54. The SMILES string of the molecule is O=C([C@H]1CCCO1)N1CCC2(CCCN2CC2CC2)CC1. The maximum Gasteiger partial charge on any atom is 0.251 e. The van der Waals surface area contributed by atoms with Gasteiger partial charge in [-0.05, 0) is 63.8 Å². The number of nitrogens with zero attached hydrogens (tertiary/aromatic N) is 2. The zero-order chi connectivity index (χ0) is 14.3. The van der Waals surface area contributed by atoms with E-state index in [1.54, 1.807) is 0 Å². The fraction of sp³-hybridized carbons (Fsp3) is 0.941. The van der Waals surface area contributed by atoms with Crippen LogP contribution in [0.3, 0.4) is 0 Å². The minimum atomic E-state index is -0.134. The summed E-state index contributed by atoms with van der Waals surface area (Å²) in [4.78, 5) is 17.3. The van der Waals surface area contributed by atoms with Crippen molar-refractivity contribution in [2.75, 3.05) is 32.8 Å². The summed E-state index contributed by atoms with van der Waals surface area (Å²) in [6.07, 6.45) is 9.78. The number of hydrogen-bond acceptors (Lipinski definition) is 3. The van der Waals surface area contributed by atoms with E-state index < -0.39 is 0 Å². The molecule has 21 heavy (non-hydrogen) atoms. The van der Waals surface area contributed by atoms with Crippen molar-refractivity contribution < 1.29 is 9.53 Å². The van der Waals surface area contributed by atoms with Gasteiger partial charge < -0.3 is 9.64 Å². The monoisotopic (exact) mass is 292 g/mol. The molecule has 0 N–H and O–H groups in total. The van der Waals surface area contributed by atoms with E-state index >= 15 is 0 Å². The van der Waals surface area contributed by atoms with Crippen LogP contribution in [-0.2, 0) is 9.53 Å². The Hall–Kier alpha value is -0.610. The third-order valence-corrected chi connectivity index (χ3v) is 6.13. The molecule has 4 heteroatoms. The van der Waals surface area contributed by atoms with Gasteiger partial charge in [-0.3, -0.25) is 9.69 Å². The fourth-order valence-corrected chi connectivity index (χ4v) is 4.58. The third-order valence-electron chi connectivity index (χ3n) is 6.13. The first-order valence-electron chi connectivity index (χ1n) is 8.92. The van der Waals surface area contributed by atoms with Crippen molar-refractivity contribution in [3.63, 3.8) is 0 Å². The van der Waals surface area contributed by atoms with E-state index in [0.29, 0.717) is 5.54 Å². The van der Waals surface area contributed by atoms with Gasteiger partial charge in [-0.2, -0.15) is 0 Å². The third kappa shape index (κ3) is 2.72. The number of piperidine rings is 1. The standard InChI is InChI=1S/C17H28N2O2/c20-16(15-3-1-12-21-15)18-10-7-17(8-11-18)6-2-9-19(17)13-14-4-5-14/h14-15H,1-13H2/t15-/m1/s1. The van der Waals surface area contributed by atoms with Crippen LogP contribution in [0.5, 0.6) is 0 Å². The first kappa shape index (κ1) is 14.0. The number of ether oxygens (including phenoxy) is 1. The Kier molecular flexibility index (Phi) is 3.70. The van der Waals surface area contributed by atoms with E-state index in [0.717, 1.165) is 38.5 Å². The van der Waals surface area contributed by atoms with Gasteiger partial charge in [0.05, 0.1) is 0 Å². The molecule has 4 fully saturated rings. The topological polar surface area (TPSA) is 32.8 Å². The first-order valence-corrected chi connectivity index (χ1v) is 8.92. The summed E-state index contributed by atoms with van der Waals surface area (Å²) < 4.78 is 5.57. The maximum absolute atomic E-state index is 12.5. The molecular formula is C17H28N2O2. The van der Waals surface area contributed by atoms with Crippen LogP contribution >= 0.6 is 0 Å². The molecule has 118 valence electrons. The van der Waals surface area contributed by atoms with Crippen molar-refractivity contribution in [1.29, 1.82) is 0 Å². The van der Waals surface area contributed by atoms with Gasteiger partial charge in [-0.1, -0.05) is 0 Å². The van der Waals surface area contributed by atoms with Crippen molar-refractivity contribution in [2.24, 2.45) is 5.92 Å². The summed E-state index contributed by atoms with van der Waals surface area (Å²) in [5, 5.41) is 0. The molecule has 1 saturated carbocycles. The Morgan fingerprint density at radius 1 is 1.05 bits per heavy atom. The van der Waals surface area contributed by atoms with Crippen LogP contribution in [-0.4, -0.2) is 60.1 Å². The Labute approximate surface area is 127 Å². The number of carbonyl (C=O) groups excluding carboxylic acids is 1. The van der Waals surface area contributed by atoms with Crippen LogP contribution in [0.25, 0.3) is 0 Å². The van der Waals surface area contributed by atoms with E-state index in [1.165, 1.54) is 51.6 Å². The summed E-state index contributed by atoms with van der Waals surface area (Å²) in [7, 11) is 0. The number of rotatable bonds is 3. The normalized spacial score (nSPS) is 33.0. The summed E-state index contributed by atoms with van der Waals surface area (Å²) in [6, 6.07) is 0. The van der Waals surface area contributed by atoms with E-state index in [2.05, 4.69) is 9.80 Å². The zero-order valence-corrected chi connectivity index (χ0v) is 13.1. The van der Waals surface area contributed by atoms with Crippen LogP contribution < -0.4 is 0 Å². The molecule has 0 unspecified atom stereocenters. The molecule has 4 nitrogen and oxygen atoms in total. The molecule has 1 amide bonds. The molecule has 0 aromatic rings. The van der Waals surface area contributed by atoms with Gasteiger partial charge in [0, 0.05) is 31.8 Å². The minimum Gasteiger partial charge on any atom is -0.368 e. The van der Waals surface area contributed by atoms with Gasteiger partial charge in [0.15, 0.2) is 0 Å². The van der Waals surface area contributed by atoms with Gasteiger partial charge in [0.25, 0.3) is 5.91 Å². The molecule has 4 aliphatic rings. The summed E-state index contributed by atoms with van der Waals surface area (Å²) in [5.74, 6) is 1.24. The van der Waals surface area contributed by atoms with Crippen molar-refractivity contribution in [2.45, 2.75) is 63.0 Å². The molecule has 3 saturated heterocycles. The minimum absolute atomic E-state index is 0.134. The molecule has 0 bridgehead atoms.